The minimum atomic E-state index is -0.741. The van der Waals surface area contributed by atoms with Crippen molar-refractivity contribution in [1.29, 1.82) is 0 Å². The standard InChI is InChI=1S/C22H22Cl2N6OS/c1-4-15(24)16(9-23)29-21-13-6-5-11(2)17(12(13)7-8-28-21)30-22(31)14-10-32-19(20(25)26)18(14)27-3/h4-10,20H,3,25-26H2,1-2H3,(H,28,29)(H,30,31)/b15-4+,16-9+. The molecule has 0 saturated carbocycles. The summed E-state index contributed by atoms with van der Waals surface area (Å²) in [6.45, 7) is 7.26. The predicted octanol–water partition coefficient (Wildman–Crippen LogP) is 5.74. The van der Waals surface area contributed by atoms with Crippen LogP contribution in [-0.2, 0) is 0 Å². The largest absolute Gasteiger partial charge is 0.338 e. The number of hydrogen-bond donors (Lipinski definition) is 4. The predicted molar refractivity (Wildman–Crippen MR) is 136 cm³/mol. The van der Waals surface area contributed by atoms with Crippen LogP contribution >= 0.6 is 34.5 Å². The number of nitrogens with two attached hydrogens (primary N) is 2. The number of aryl methyl sites for hydroxylation is 1. The molecule has 0 radical (unpaired) electrons. The second kappa shape index (κ2) is 10.2. The molecule has 3 aromatic rings. The summed E-state index contributed by atoms with van der Waals surface area (Å²) in [6, 6.07) is 5.64. The average molecular weight is 489 g/mol. The number of aromatic nitrogens is 1. The van der Waals surface area contributed by atoms with Gasteiger partial charge in [0.25, 0.3) is 5.91 Å². The summed E-state index contributed by atoms with van der Waals surface area (Å²) in [7, 11) is 0. The van der Waals surface area contributed by atoms with Crippen LogP contribution in [0.25, 0.3) is 10.8 Å². The van der Waals surface area contributed by atoms with Crippen molar-refractivity contribution in [2.45, 2.75) is 20.0 Å². The summed E-state index contributed by atoms with van der Waals surface area (Å²) in [5, 5.41) is 9.83. The molecule has 2 aromatic heterocycles. The molecule has 10 heteroatoms. The number of pyridine rings is 1. The molecule has 0 aliphatic carbocycles. The highest BCUT2D eigenvalue weighted by Gasteiger charge is 2.21. The molecule has 0 spiro atoms. The van der Waals surface area contributed by atoms with Crippen LogP contribution < -0.4 is 22.1 Å². The van der Waals surface area contributed by atoms with E-state index >= 15 is 0 Å². The first-order chi connectivity index (χ1) is 15.3. The summed E-state index contributed by atoms with van der Waals surface area (Å²) in [5.41, 5.74) is 15.7. The lowest BCUT2D eigenvalue weighted by Gasteiger charge is -2.15. The quantitative estimate of drug-likeness (QED) is 0.192. The fourth-order valence-electron chi connectivity index (χ4n) is 3.16. The van der Waals surface area contributed by atoms with E-state index in [1.165, 1.54) is 16.9 Å². The highest BCUT2D eigenvalue weighted by Crippen LogP contribution is 2.36. The third-order valence-corrected chi connectivity index (χ3v) is 6.48. The number of rotatable bonds is 7. The van der Waals surface area contributed by atoms with Crippen molar-refractivity contribution in [2.75, 3.05) is 10.6 Å². The van der Waals surface area contributed by atoms with E-state index in [9.17, 15) is 4.79 Å². The third kappa shape index (κ3) is 4.69. The number of anilines is 2. The van der Waals surface area contributed by atoms with Crippen LogP contribution in [0.2, 0.25) is 0 Å². The van der Waals surface area contributed by atoms with Crippen molar-refractivity contribution in [2.24, 2.45) is 16.5 Å². The van der Waals surface area contributed by atoms with E-state index in [-0.39, 0.29) is 5.91 Å². The first kappa shape index (κ1) is 23.9. The van der Waals surface area contributed by atoms with Crippen molar-refractivity contribution in [3.05, 3.63) is 68.1 Å². The molecule has 166 valence electrons. The average Bonchev–Trinajstić information content (AvgIpc) is 3.23. The molecule has 2 heterocycles. The van der Waals surface area contributed by atoms with Crippen molar-refractivity contribution >= 4 is 75.1 Å². The van der Waals surface area contributed by atoms with Crippen LogP contribution in [-0.4, -0.2) is 17.6 Å². The van der Waals surface area contributed by atoms with Gasteiger partial charge in [0.05, 0.1) is 38.7 Å². The van der Waals surface area contributed by atoms with Gasteiger partial charge in [-0.25, -0.2) is 4.98 Å². The van der Waals surface area contributed by atoms with Gasteiger partial charge in [0.1, 0.15) is 5.82 Å². The molecule has 0 atom stereocenters. The summed E-state index contributed by atoms with van der Waals surface area (Å²) in [6.07, 6.45) is 2.62. The second-order valence-corrected chi connectivity index (χ2v) is 8.33. The van der Waals surface area contributed by atoms with Gasteiger partial charge in [-0.1, -0.05) is 41.4 Å². The highest BCUT2D eigenvalue weighted by molar-refractivity contribution is 7.11. The van der Waals surface area contributed by atoms with Crippen LogP contribution in [0.3, 0.4) is 0 Å². The van der Waals surface area contributed by atoms with E-state index in [1.54, 1.807) is 24.6 Å². The number of allylic oxidation sites excluding steroid dienone is 2. The van der Waals surface area contributed by atoms with E-state index in [0.29, 0.717) is 38.4 Å². The minimum absolute atomic E-state index is 0.337. The number of aliphatic imine (C=N–C) groups is 1. The lowest BCUT2D eigenvalue weighted by atomic mass is 10.0. The fourth-order valence-corrected chi connectivity index (χ4v) is 4.40. The van der Waals surface area contributed by atoms with Crippen molar-refractivity contribution < 1.29 is 4.79 Å². The van der Waals surface area contributed by atoms with E-state index in [2.05, 4.69) is 27.3 Å². The number of thiophene rings is 1. The summed E-state index contributed by atoms with van der Waals surface area (Å²) >= 11 is 13.4. The molecule has 0 saturated heterocycles. The van der Waals surface area contributed by atoms with Gasteiger partial charge in [0, 0.05) is 27.9 Å². The van der Waals surface area contributed by atoms with Crippen molar-refractivity contribution in [1.82, 2.24) is 4.98 Å². The summed E-state index contributed by atoms with van der Waals surface area (Å²) in [5.74, 6) is 0.209. The number of nitrogens with one attached hydrogen (secondary N) is 2. The molecule has 7 nitrogen and oxygen atoms in total. The summed E-state index contributed by atoms with van der Waals surface area (Å²) in [4.78, 5) is 22.1. The van der Waals surface area contributed by atoms with Crippen LogP contribution in [0.1, 0.15) is 33.9 Å². The molecule has 3 rings (SSSR count). The Morgan fingerprint density at radius 2 is 2.03 bits per heavy atom. The fraction of sp³-hybridized carbons (Fsp3) is 0.136. The lowest BCUT2D eigenvalue weighted by molar-refractivity contribution is 0.102. The Hall–Kier alpha value is -2.75. The highest BCUT2D eigenvalue weighted by atomic mass is 35.5. The normalized spacial score (nSPS) is 12.3. The molecule has 1 amide bonds. The molecular weight excluding hydrogens is 467 g/mol. The van der Waals surface area contributed by atoms with E-state index < -0.39 is 6.17 Å². The Bertz CT molecular complexity index is 1250. The molecular formula is C22H22Cl2N6OS. The molecule has 32 heavy (non-hydrogen) atoms. The monoisotopic (exact) mass is 488 g/mol. The zero-order valence-corrected chi connectivity index (χ0v) is 19.8. The molecule has 0 aliphatic rings. The Morgan fingerprint density at radius 3 is 2.66 bits per heavy atom. The Kier molecular flexibility index (Phi) is 7.65. The maximum Gasteiger partial charge on any atom is 0.258 e. The van der Waals surface area contributed by atoms with Crippen molar-refractivity contribution in [3.63, 3.8) is 0 Å². The van der Waals surface area contributed by atoms with E-state index in [1.807, 2.05) is 25.1 Å². The van der Waals surface area contributed by atoms with Gasteiger partial charge in [0.2, 0.25) is 0 Å². The number of hydrogen-bond acceptors (Lipinski definition) is 7. The van der Waals surface area contributed by atoms with Gasteiger partial charge in [-0.2, -0.15) is 0 Å². The smallest absolute Gasteiger partial charge is 0.258 e. The van der Waals surface area contributed by atoms with Gasteiger partial charge in [-0.3, -0.25) is 9.79 Å². The Morgan fingerprint density at radius 1 is 1.28 bits per heavy atom. The number of halogens is 2. The maximum atomic E-state index is 13.1. The van der Waals surface area contributed by atoms with Gasteiger partial charge >= 0.3 is 0 Å². The maximum absolute atomic E-state index is 13.1. The van der Waals surface area contributed by atoms with Crippen LogP contribution in [0.4, 0.5) is 17.2 Å². The SMILES string of the molecule is C=Nc1c(C(=O)Nc2c(C)ccc3c(NC(=C/Cl)/C(Cl)=C\C)nccc23)csc1C(N)N. The topological polar surface area (TPSA) is 118 Å². The Labute approximate surface area is 199 Å². The summed E-state index contributed by atoms with van der Waals surface area (Å²) < 4.78 is 0. The van der Waals surface area contributed by atoms with Crippen LogP contribution in [0, 0.1) is 6.92 Å². The second-order valence-electron chi connectivity index (χ2n) is 6.80. The van der Waals surface area contributed by atoms with Crippen LogP contribution in [0.5, 0.6) is 0 Å². The van der Waals surface area contributed by atoms with Crippen molar-refractivity contribution in [3.8, 4) is 0 Å². The number of carbonyl (C=O) groups excluding carboxylic acids is 1. The number of carbonyl (C=O) groups is 1. The van der Waals surface area contributed by atoms with E-state index in [4.69, 9.17) is 34.7 Å². The van der Waals surface area contributed by atoms with Gasteiger partial charge in [0.15, 0.2) is 0 Å². The third-order valence-electron chi connectivity index (χ3n) is 4.76. The lowest BCUT2D eigenvalue weighted by Crippen LogP contribution is -2.19. The molecule has 1 aromatic carbocycles. The number of amides is 1. The van der Waals surface area contributed by atoms with E-state index in [0.717, 1.165) is 16.3 Å². The molecule has 0 aliphatic heterocycles. The number of nitrogens with zero attached hydrogens (tertiary/aromatic N) is 2. The molecule has 0 unspecified atom stereocenters. The molecule has 0 bridgehead atoms. The van der Waals surface area contributed by atoms with Crippen LogP contribution in [0.15, 0.2) is 57.1 Å². The number of benzene rings is 1. The molecule has 6 N–H and O–H groups in total. The first-order valence-electron chi connectivity index (χ1n) is 9.50. The van der Waals surface area contributed by atoms with Gasteiger partial charge in [-0.05, 0) is 32.2 Å². The number of fused-ring (bicyclic) bond motifs is 1. The zero-order valence-electron chi connectivity index (χ0n) is 17.4. The zero-order chi connectivity index (χ0) is 23.4. The minimum Gasteiger partial charge on any atom is -0.338 e. The van der Waals surface area contributed by atoms with Gasteiger partial charge < -0.3 is 22.1 Å². The van der Waals surface area contributed by atoms with Gasteiger partial charge in [-0.15, -0.1) is 11.3 Å². The first-order valence-corrected chi connectivity index (χ1v) is 11.2. The Balaban J connectivity index is 2.04. The molecule has 0 fully saturated rings.